The lowest BCUT2D eigenvalue weighted by molar-refractivity contribution is -0.116. The van der Waals surface area contributed by atoms with E-state index in [1.165, 1.54) is 0 Å². The van der Waals surface area contributed by atoms with Crippen molar-refractivity contribution in [3.63, 3.8) is 0 Å². The number of benzene rings is 1. The fourth-order valence-electron chi connectivity index (χ4n) is 2.15. The summed E-state index contributed by atoms with van der Waals surface area (Å²) in [7, 11) is 0. The molecule has 1 aliphatic rings. The molecule has 0 fully saturated rings. The minimum absolute atomic E-state index is 0.0143. The minimum atomic E-state index is 0.0143. The number of rotatable bonds is 4. The molecule has 0 saturated carbocycles. The smallest absolute Gasteiger partial charge is 0.166 e. The van der Waals surface area contributed by atoms with Crippen LogP contribution >= 0.6 is 15.9 Å². The van der Waals surface area contributed by atoms with Crippen LogP contribution in [0.4, 0.5) is 0 Å². The number of hydrogen-bond donors (Lipinski definition) is 0. The van der Waals surface area contributed by atoms with Gasteiger partial charge in [0.1, 0.15) is 5.78 Å². The number of hydrogen-bond acceptors (Lipinski definition) is 2. The molecular weight excluding hydrogens is 268 g/mol. The fourth-order valence-corrected chi connectivity index (χ4v) is 2.43. The Hall–Kier alpha value is -0.960. The summed E-state index contributed by atoms with van der Waals surface area (Å²) in [6.45, 7) is 0. The molecule has 1 aliphatic carbocycles. The van der Waals surface area contributed by atoms with Gasteiger partial charge in [0.2, 0.25) is 0 Å². The maximum atomic E-state index is 12.0. The van der Waals surface area contributed by atoms with Gasteiger partial charge in [-0.15, -0.1) is 0 Å². The molecule has 2 nitrogen and oxygen atoms in total. The predicted molar refractivity (Wildman–Crippen MR) is 66.0 cm³/mol. The molecule has 2 rings (SSSR count). The second kappa shape index (κ2) is 4.91. The maximum absolute atomic E-state index is 12.0. The molecule has 0 heterocycles. The van der Waals surface area contributed by atoms with Gasteiger partial charge in [0.25, 0.3) is 0 Å². The van der Waals surface area contributed by atoms with Crippen molar-refractivity contribution in [1.82, 2.24) is 0 Å². The Labute approximate surface area is 103 Å². The molecule has 1 aromatic carbocycles. The Bertz CT molecular complexity index is 426. The molecule has 84 valence electrons. The molecule has 0 saturated heterocycles. The van der Waals surface area contributed by atoms with Gasteiger partial charge in [-0.2, -0.15) is 0 Å². The molecule has 1 aromatic rings. The van der Waals surface area contributed by atoms with E-state index in [1.54, 1.807) is 0 Å². The number of carbonyl (C=O) groups is 2. The topological polar surface area (TPSA) is 34.1 Å². The monoisotopic (exact) mass is 280 g/mol. The van der Waals surface area contributed by atoms with Gasteiger partial charge in [-0.3, -0.25) is 9.59 Å². The van der Waals surface area contributed by atoms with Crippen molar-refractivity contribution >= 4 is 27.5 Å². The second-order valence-electron chi connectivity index (χ2n) is 4.13. The molecule has 0 bridgehead atoms. The first-order valence-corrected chi connectivity index (χ1v) is 6.54. The Kier molecular flexibility index (Phi) is 3.54. The van der Waals surface area contributed by atoms with Crippen LogP contribution in [0.3, 0.4) is 0 Å². The quantitative estimate of drug-likeness (QED) is 0.795. The summed E-state index contributed by atoms with van der Waals surface area (Å²) in [5.41, 5.74) is 1.97. The van der Waals surface area contributed by atoms with Crippen LogP contribution in [0.1, 0.15) is 28.8 Å². The Balaban J connectivity index is 2.02. The van der Waals surface area contributed by atoms with Crippen LogP contribution in [-0.2, 0) is 11.2 Å². The maximum Gasteiger partial charge on any atom is 0.166 e. The average Bonchev–Trinajstić information content (AvgIpc) is 2.64. The summed E-state index contributed by atoms with van der Waals surface area (Å²) in [6.07, 6.45) is 1.97. The predicted octanol–water partition coefficient (Wildman–Crippen LogP) is 2.79. The van der Waals surface area contributed by atoms with Crippen molar-refractivity contribution in [2.24, 2.45) is 5.92 Å². The average molecular weight is 281 g/mol. The lowest BCUT2D eigenvalue weighted by Gasteiger charge is -2.05. The summed E-state index contributed by atoms with van der Waals surface area (Å²) in [6, 6.07) is 7.73. The van der Waals surface area contributed by atoms with E-state index >= 15 is 0 Å². The summed E-state index contributed by atoms with van der Waals surface area (Å²) in [4.78, 5) is 23.2. The largest absolute Gasteiger partial charge is 0.299 e. The number of alkyl halides is 1. The highest BCUT2D eigenvalue weighted by Gasteiger charge is 2.29. The first-order chi connectivity index (χ1) is 7.72. The molecule has 0 radical (unpaired) electrons. The van der Waals surface area contributed by atoms with Crippen molar-refractivity contribution in [3.05, 3.63) is 35.4 Å². The molecule has 16 heavy (non-hydrogen) atoms. The van der Waals surface area contributed by atoms with Gasteiger partial charge in [-0.25, -0.2) is 0 Å². The van der Waals surface area contributed by atoms with E-state index in [2.05, 4.69) is 15.9 Å². The van der Waals surface area contributed by atoms with Crippen LogP contribution in [0.2, 0.25) is 0 Å². The highest BCUT2D eigenvalue weighted by Crippen LogP contribution is 2.29. The zero-order valence-electron chi connectivity index (χ0n) is 8.91. The van der Waals surface area contributed by atoms with Gasteiger partial charge in [0.05, 0.1) is 5.33 Å². The van der Waals surface area contributed by atoms with Crippen molar-refractivity contribution in [2.45, 2.75) is 19.3 Å². The Morgan fingerprint density at radius 3 is 2.81 bits per heavy atom. The fraction of sp³-hybridized carbons (Fsp3) is 0.385. The summed E-state index contributed by atoms with van der Waals surface area (Å²) in [5, 5.41) is 0.390. The van der Waals surface area contributed by atoms with E-state index in [0.717, 1.165) is 17.5 Å². The number of ketones is 2. The SMILES string of the molecule is O=C(CBr)CCC1Cc2ccccc2C1=O. The van der Waals surface area contributed by atoms with Crippen molar-refractivity contribution < 1.29 is 9.59 Å². The van der Waals surface area contributed by atoms with Gasteiger partial charge in [-0.1, -0.05) is 40.2 Å². The molecule has 0 N–H and O–H groups in total. The summed E-state index contributed by atoms with van der Waals surface area (Å²) < 4.78 is 0. The third-order valence-corrected chi connectivity index (χ3v) is 3.67. The Morgan fingerprint density at radius 1 is 1.38 bits per heavy atom. The van der Waals surface area contributed by atoms with E-state index in [1.807, 2.05) is 24.3 Å². The number of carbonyl (C=O) groups excluding carboxylic acids is 2. The van der Waals surface area contributed by atoms with E-state index in [-0.39, 0.29) is 17.5 Å². The van der Waals surface area contributed by atoms with Crippen molar-refractivity contribution in [2.75, 3.05) is 5.33 Å². The van der Waals surface area contributed by atoms with Gasteiger partial charge in [0, 0.05) is 17.9 Å². The van der Waals surface area contributed by atoms with Crippen LogP contribution in [0.15, 0.2) is 24.3 Å². The molecular formula is C13H13BrO2. The van der Waals surface area contributed by atoms with Crippen LogP contribution in [0, 0.1) is 5.92 Å². The van der Waals surface area contributed by atoms with Gasteiger partial charge in [-0.05, 0) is 18.4 Å². The second-order valence-corrected chi connectivity index (χ2v) is 4.69. The zero-order valence-corrected chi connectivity index (χ0v) is 10.5. The lowest BCUT2D eigenvalue weighted by atomic mass is 9.98. The van der Waals surface area contributed by atoms with Gasteiger partial charge >= 0.3 is 0 Å². The first kappa shape index (κ1) is 11.5. The highest BCUT2D eigenvalue weighted by molar-refractivity contribution is 9.09. The first-order valence-electron chi connectivity index (χ1n) is 5.42. The minimum Gasteiger partial charge on any atom is -0.299 e. The molecule has 0 aliphatic heterocycles. The molecule has 1 atom stereocenters. The van der Waals surface area contributed by atoms with Crippen LogP contribution in [-0.4, -0.2) is 16.9 Å². The van der Waals surface area contributed by atoms with E-state index < -0.39 is 0 Å². The van der Waals surface area contributed by atoms with E-state index in [4.69, 9.17) is 0 Å². The Morgan fingerprint density at radius 2 is 2.12 bits per heavy atom. The molecule has 3 heteroatoms. The third kappa shape index (κ3) is 2.24. The molecule has 0 spiro atoms. The number of halogens is 1. The van der Waals surface area contributed by atoms with Gasteiger partial charge < -0.3 is 0 Å². The summed E-state index contributed by atoms with van der Waals surface area (Å²) >= 11 is 3.13. The number of fused-ring (bicyclic) bond motifs is 1. The van der Waals surface area contributed by atoms with E-state index in [0.29, 0.717) is 18.2 Å². The lowest BCUT2D eigenvalue weighted by Crippen LogP contribution is -2.11. The normalized spacial score (nSPS) is 18.6. The van der Waals surface area contributed by atoms with Crippen molar-refractivity contribution in [1.29, 1.82) is 0 Å². The summed E-state index contributed by atoms with van der Waals surface area (Å²) in [5.74, 6) is 0.391. The highest BCUT2D eigenvalue weighted by atomic mass is 79.9. The molecule has 0 amide bonds. The molecule has 0 aromatic heterocycles. The van der Waals surface area contributed by atoms with Crippen molar-refractivity contribution in [3.8, 4) is 0 Å². The molecule has 1 unspecified atom stereocenters. The van der Waals surface area contributed by atoms with E-state index in [9.17, 15) is 9.59 Å². The van der Waals surface area contributed by atoms with Crippen LogP contribution in [0.5, 0.6) is 0 Å². The standard InChI is InChI=1S/C13H13BrO2/c14-8-11(15)6-5-10-7-9-3-1-2-4-12(9)13(10)16/h1-4,10H,5-8H2. The van der Waals surface area contributed by atoms with Crippen LogP contribution < -0.4 is 0 Å². The van der Waals surface area contributed by atoms with Gasteiger partial charge in [0.15, 0.2) is 5.78 Å². The third-order valence-electron chi connectivity index (χ3n) is 3.04. The van der Waals surface area contributed by atoms with Crippen LogP contribution in [0.25, 0.3) is 0 Å². The number of Topliss-reactive ketones (excluding diaryl/α,β-unsaturated/α-hetero) is 2. The zero-order chi connectivity index (χ0) is 11.5.